The lowest BCUT2D eigenvalue weighted by Gasteiger charge is -2.45. The highest BCUT2D eigenvalue weighted by molar-refractivity contribution is 5.60. The van der Waals surface area contributed by atoms with Crippen LogP contribution in [0.5, 0.6) is 0 Å². The molecule has 1 spiro atoms. The first-order chi connectivity index (χ1) is 17.3. The van der Waals surface area contributed by atoms with E-state index in [1.165, 1.54) is 22.8 Å². The van der Waals surface area contributed by atoms with Gasteiger partial charge >= 0.3 is 0 Å². The summed E-state index contributed by atoms with van der Waals surface area (Å²) in [4.78, 5) is 2.54. The van der Waals surface area contributed by atoms with Crippen LogP contribution in [0.2, 0.25) is 0 Å². The number of aromatic nitrogens is 2. The number of fused-ring (bicyclic) bond motifs is 1. The summed E-state index contributed by atoms with van der Waals surface area (Å²) in [5.74, 6) is 0.476. The van der Waals surface area contributed by atoms with Crippen molar-refractivity contribution in [2.75, 3.05) is 6.61 Å². The minimum Gasteiger partial charge on any atom is -0.416 e. The van der Waals surface area contributed by atoms with Gasteiger partial charge in [-0.3, -0.25) is 4.90 Å². The van der Waals surface area contributed by atoms with E-state index in [0.29, 0.717) is 29.5 Å². The molecule has 2 heterocycles. The Hall–Kier alpha value is -3.35. The molecule has 5 nitrogen and oxygen atoms in total. The van der Waals surface area contributed by atoms with Crippen molar-refractivity contribution < 1.29 is 13.5 Å². The number of hydrogen-bond acceptors (Lipinski definition) is 5. The van der Waals surface area contributed by atoms with Crippen LogP contribution < -0.4 is 0 Å². The van der Waals surface area contributed by atoms with E-state index in [0.717, 1.165) is 31.4 Å². The third-order valence-corrected chi connectivity index (χ3v) is 7.78. The maximum atomic E-state index is 14.0. The molecular weight excluding hydrogens is 453 g/mol. The van der Waals surface area contributed by atoms with Crippen molar-refractivity contribution in [3.05, 3.63) is 94.8 Å². The number of rotatable bonds is 4. The number of aryl methyl sites for hydroxylation is 2. The smallest absolute Gasteiger partial charge is 0.248 e. The Labute approximate surface area is 210 Å². The van der Waals surface area contributed by atoms with Crippen molar-refractivity contribution in [2.45, 2.75) is 57.8 Å². The molecule has 36 heavy (non-hydrogen) atoms. The van der Waals surface area contributed by atoms with Gasteiger partial charge in [0.2, 0.25) is 11.8 Å². The van der Waals surface area contributed by atoms with Gasteiger partial charge < -0.3 is 9.15 Å². The Kier molecular flexibility index (Phi) is 5.54. The van der Waals surface area contributed by atoms with Gasteiger partial charge in [-0.25, -0.2) is 4.39 Å². The molecule has 0 unspecified atom stereocenters. The highest BCUT2D eigenvalue weighted by atomic mass is 19.1. The van der Waals surface area contributed by atoms with Crippen molar-refractivity contribution >= 4 is 0 Å². The molecule has 1 atom stereocenters. The Bertz CT molecular complexity index is 1410. The minimum absolute atomic E-state index is 0.0651. The van der Waals surface area contributed by atoms with Crippen molar-refractivity contribution in [2.24, 2.45) is 0 Å². The molecule has 1 aliphatic carbocycles. The number of halogens is 1. The standard InChI is InChI=1S/C30H30FN3O2/c1-20-9-10-24(16-26(20)31)28-33-32-27(36-28)23-12-11-22-13-14-30(17-25(22)15-23)19-35-29(2,3)34(30)18-21-7-5-4-6-8-21/h4-12,15-16H,13-14,17-19H2,1-3H3/t30-/m0/s1. The molecule has 6 rings (SSSR count). The van der Waals surface area contributed by atoms with Gasteiger partial charge in [0.05, 0.1) is 12.1 Å². The summed E-state index contributed by atoms with van der Waals surface area (Å²) in [6.07, 6.45) is 2.95. The summed E-state index contributed by atoms with van der Waals surface area (Å²) in [7, 11) is 0. The summed E-state index contributed by atoms with van der Waals surface area (Å²) in [6, 6.07) is 22.0. The predicted molar refractivity (Wildman–Crippen MR) is 137 cm³/mol. The number of ether oxygens (including phenoxy) is 1. The van der Waals surface area contributed by atoms with E-state index < -0.39 is 0 Å². The van der Waals surface area contributed by atoms with Gasteiger partial charge in [-0.2, -0.15) is 0 Å². The molecule has 184 valence electrons. The van der Waals surface area contributed by atoms with Crippen LogP contribution in [0, 0.1) is 12.7 Å². The summed E-state index contributed by atoms with van der Waals surface area (Å²) in [5, 5.41) is 8.46. The van der Waals surface area contributed by atoms with Crippen molar-refractivity contribution in [3.8, 4) is 22.9 Å². The van der Waals surface area contributed by atoms with Gasteiger partial charge in [-0.05, 0) is 86.6 Å². The van der Waals surface area contributed by atoms with Crippen molar-refractivity contribution in [3.63, 3.8) is 0 Å². The van der Waals surface area contributed by atoms with Gasteiger partial charge in [0.15, 0.2) is 0 Å². The topological polar surface area (TPSA) is 51.4 Å². The summed E-state index contributed by atoms with van der Waals surface area (Å²) in [6.45, 7) is 7.63. The molecule has 2 aliphatic rings. The van der Waals surface area contributed by atoms with Gasteiger partial charge in [0, 0.05) is 17.7 Å². The van der Waals surface area contributed by atoms with Crippen LogP contribution in [0.4, 0.5) is 4.39 Å². The van der Waals surface area contributed by atoms with Gasteiger partial charge in [-0.1, -0.05) is 42.5 Å². The SMILES string of the molecule is Cc1ccc(-c2nnc(-c3ccc4c(c3)C[C@@]3(CC4)COC(C)(C)N3Cc3ccccc3)o2)cc1F. The third kappa shape index (κ3) is 4.04. The van der Waals surface area contributed by atoms with E-state index in [1.807, 2.05) is 6.07 Å². The second-order valence-electron chi connectivity index (χ2n) is 10.6. The molecule has 0 saturated carbocycles. The summed E-state index contributed by atoms with van der Waals surface area (Å²) >= 11 is 0. The van der Waals surface area contributed by atoms with Crippen LogP contribution in [0.15, 0.2) is 71.1 Å². The molecule has 1 saturated heterocycles. The van der Waals surface area contributed by atoms with Crippen LogP contribution in [0.25, 0.3) is 22.9 Å². The highest BCUT2D eigenvalue weighted by Gasteiger charge is 2.52. The molecule has 0 N–H and O–H groups in total. The molecule has 0 bridgehead atoms. The summed E-state index contributed by atoms with van der Waals surface area (Å²) < 4.78 is 26.4. The Morgan fingerprint density at radius 3 is 2.39 bits per heavy atom. The predicted octanol–water partition coefficient (Wildman–Crippen LogP) is 6.35. The Balaban J connectivity index is 1.30. The van der Waals surface area contributed by atoms with Gasteiger partial charge in [-0.15, -0.1) is 10.2 Å². The molecule has 0 radical (unpaired) electrons. The molecule has 0 amide bonds. The fourth-order valence-electron chi connectivity index (χ4n) is 5.68. The van der Waals surface area contributed by atoms with Crippen molar-refractivity contribution in [1.29, 1.82) is 0 Å². The summed E-state index contributed by atoms with van der Waals surface area (Å²) in [5.41, 5.74) is 5.58. The zero-order valence-electron chi connectivity index (χ0n) is 20.9. The normalized spacial score (nSPS) is 21.1. The third-order valence-electron chi connectivity index (χ3n) is 7.78. The first-order valence-electron chi connectivity index (χ1n) is 12.5. The quantitative estimate of drug-likeness (QED) is 0.339. The fourth-order valence-corrected chi connectivity index (χ4v) is 5.68. The largest absolute Gasteiger partial charge is 0.416 e. The van der Waals surface area contributed by atoms with E-state index in [2.05, 4.69) is 71.4 Å². The van der Waals surface area contributed by atoms with Crippen LogP contribution >= 0.6 is 0 Å². The van der Waals surface area contributed by atoms with E-state index in [4.69, 9.17) is 9.15 Å². The first kappa shape index (κ1) is 23.1. The van der Waals surface area contributed by atoms with E-state index in [1.54, 1.807) is 19.1 Å². The minimum atomic E-state index is -0.338. The second-order valence-corrected chi connectivity index (χ2v) is 10.6. The maximum absolute atomic E-state index is 14.0. The molecule has 1 aliphatic heterocycles. The van der Waals surface area contributed by atoms with Crippen LogP contribution in [0.1, 0.15) is 42.5 Å². The molecule has 1 fully saturated rings. The van der Waals surface area contributed by atoms with E-state index in [-0.39, 0.29) is 17.1 Å². The fraction of sp³-hybridized carbons (Fsp3) is 0.333. The van der Waals surface area contributed by atoms with Crippen molar-refractivity contribution in [1.82, 2.24) is 15.1 Å². The first-order valence-corrected chi connectivity index (χ1v) is 12.5. The van der Waals surface area contributed by atoms with E-state index in [9.17, 15) is 4.39 Å². The maximum Gasteiger partial charge on any atom is 0.248 e. The van der Waals surface area contributed by atoms with Gasteiger partial charge in [0.1, 0.15) is 11.5 Å². The zero-order chi connectivity index (χ0) is 24.9. The van der Waals surface area contributed by atoms with Crippen LogP contribution in [-0.2, 0) is 24.1 Å². The van der Waals surface area contributed by atoms with Crippen LogP contribution in [0.3, 0.4) is 0 Å². The van der Waals surface area contributed by atoms with Crippen LogP contribution in [-0.4, -0.2) is 33.0 Å². The highest BCUT2D eigenvalue weighted by Crippen LogP contribution is 2.44. The lowest BCUT2D eigenvalue weighted by Crippen LogP contribution is -2.54. The average molecular weight is 484 g/mol. The molecule has 6 heteroatoms. The number of benzene rings is 3. The Morgan fingerprint density at radius 1 is 0.917 bits per heavy atom. The number of hydrogen-bond donors (Lipinski definition) is 0. The second kappa shape index (κ2) is 8.64. The van der Waals surface area contributed by atoms with E-state index >= 15 is 0 Å². The molecule has 4 aromatic rings. The lowest BCUT2D eigenvalue weighted by atomic mass is 9.76. The molecular formula is C30H30FN3O2. The Morgan fingerprint density at radius 2 is 1.64 bits per heavy atom. The van der Waals surface area contributed by atoms with Gasteiger partial charge in [0.25, 0.3) is 0 Å². The zero-order valence-corrected chi connectivity index (χ0v) is 20.9. The average Bonchev–Trinajstić information content (AvgIpc) is 3.46. The molecule has 3 aromatic carbocycles. The molecule has 1 aromatic heterocycles. The lowest BCUT2D eigenvalue weighted by molar-refractivity contribution is -0.0673. The monoisotopic (exact) mass is 483 g/mol. The number of nitrogens with zero attached hydrogens (tertiary/aromatic N) is 3.